The van der Waals surface area contributed by atoms with Gasteiger partial charge in [-0.2, -0.15) is 4.98 Å². The summed E-state index contributed by atoms with van der Waals surface area (Å²) in [6.45, 7) is 3.36. The molecule has 128 valence electrons. The maximum absolute atomic E-state index is 5.96. The second-order valence-electron chi connectivity index (χ2n) is 6.18. The fourth-order valence-electron chi connectivity index (χ4n) is 3.21. The highest BCUT2D eigenvalue weighted by Gasteiger charge is 2.29. The molecule has 2 aromatic heterocycles. The Morgan fingerprint density at radius 2 is 2.04 bits per heavy atom. The molecule has 25 heavy (non-hydrogen) atoms. The summed E-state index contributed by atoms with van der Waals surface area (Å²) in [6, 6.07) is 14.2. The summed E-state index contributed by atoms with van der Waals surface area (Å²) in [4.78, 5) is 8.74. The summed E-state index contributed by atoms with van der Waals surface area (Å²) >= 11 is 0. The predicted molar refractivity (Wildman–Crippen MR) is 94.0 cm³/mol. The monoisotopic (exact) mass is 336 g/mol. The molecule has 0 radical (unpaired) electrons. The topological polar surface area (TPSA) is 73.1 Å². The average molecular weight is 336 g/mol. The molecular weight excluding hydrogens is 316 g/mol. The lowest BCUT2D eigenvalue weighted by atomic mass is 9.95. The molecule has 0 spiro atoms. The van der Waals surface area contributed by atoms with Crippen LogP contribution in [0.3, 0.4) is 0 Å². The molecule has 4 rings (SSSR count). The Bertz CT molecular complexity index is 834. The van der Waals surface area contributed by atoms with Gasteiger partial charge in [-0.3, -0.25) is 0 Å². The minimum absolute atomic E-state index is 0.117. The van der Waals surface area contributed by atoms with Crippen LogP contribution in [-0.4, -0.2) is 28.3 Å². The normalized spacial score (nSPS) is 19.9. The van der Waals surface area contributed by atoms with Crippen LogP contribution in [0.25, 0.3) is 11.5 Å². The van der Waals surface area contributed by atoms with Crippen molar-refractivity contribution < 1.29 is 9.26 Å². The van der Waals surface area contributed by atoms with Crippen molar-refractivity contribution in [3.63, 3.8) is 0 Å². The lowest BCUT2D eigenvalue weighted by molar-refractivity contribution is 0.0933. The van der Waals surface area contributed by atoms with Gasteiger partial charge in [-0.25, -0.2) is 4.98 Å². The van der Waals surface area contributed by atoms with Crippen molar-refractivity contribution in [1.82, 2.24) is 15.1 Å². The van der Waals surface area contributed by atoms with Crippen molar-refractivity contribution in [2.24, 2.45) is 5.92 Å². The Hall–Kier alpha value is -2.73. The Balaban J connectivity index is 1.50. The molecule has 2 atom stereocenters. The van der Waals surface area contributed by atoms with Crippen LogP contribution < -0.4 is 5.32 Å². The Labute approximate surface area is 146 Å². The predicted octanol–water partition coefficient (Wildman–Crippen LogP) is 3.63. The Kier molecular flexibility index (Phi) is 4.43. The first-order valence-corrected chi connectivity index (χ1v) is 8.47. The third-order valence-corrected chi connectivity index (χ3v) is 4.44. The van der Waals surface area contributed by atoms with Crippen molar-refractivity contribution in [2.45, 2.75) is 19.4 Å². The molecule has 0 amide bonds. The summed E-state index contributed by atoms with van der Waals surface area (Å²) in [6.07, 6.45) is 2.90. The zero-order valence-electron chi connectivity index (χ0n) is 14.1. The SMILES string of the molecule is Cc1noc(-c2cccnc2NCC2CCOC2c2ccccc2)n1. The van der Waals surface area contributed by atoms with E-state index in [2.05, 4.69) is 44.7 Å². The quantitative estimate of drug-likeness (QED) is 0.767. The molecule has 1 aliphatic heterocycles. The highest BCUT2D eigenvalue weighted by molar-refractivity contribution is 5.68. The summed E-state index contributed by atoms with van der Waals surface area (Å²) in [7, 11) is 0. The van der Waals surface area contributed by atoms with Crippen LogP contribution in [0.5, 0.6) is 0 Å². The van der Waals surface area contributed by atoms with Crippen molar-refractivity contribution in [2.75, 3.05) is 18.5 Å². The standard InChI is InChI=1S/C19H20N4O2/c1-13-22-19(25-23-13)16-8-5-10-20-18(16)21-12-15-9-11-24-17(15)14-6-3-2-4-7-14/h2-8,10,15,17H,9,11-12H2,1H3,(H,20,21). The second-order valence-corrected chi connectivity index (χ2v) is 6.18. The molecule has 1 fully saturated rings. The number of pyridine rings is 1. The van der Waals surface area contributed by atoms with Crippen LogP contribution in [0, 0.1) is 12.8 Å². The molecule has 0 bridgehead atoms. The number of hydrogen-bond acceptors (Lipinski definition) is 6. The number of rotatable bonds is 5. The Morgan fingerprint density at radius 1 is 1.16 bits per heavy atom. The van der Waals surface area contributed by atoms with Crippen LogP contribution in [0.1, 0.15) is 23.9 Å². The van der Waals surface area contributed by atoms with Crippen molar-refractivity contribution in [3.05, 3.63) is 60.0 Å². The van der Waals surface area contributed by atoms with Gasteiger partial charge in [0.15, 0.2) is 5.82 Å². The first-order chi connectivity index (χ1) is 12.3. The second kappa shape index (κ2) is 7.03. The molecule has 6 nitrogen and oxygen atoms in total. The van der Waals surface area contributed by atoms with Crippen LogP contribution >= 0.6 is 0 Å². The van der Waals surface area contributed by atoms with Gasteiger partial charge in [-0.15, -0.1) is 0 Å². The number of anilines is 1. The van der Waals surface area contributed by atoms with Gasteiger partial charge in [0.25, 0.3) is 5.89 Å². The first kappa shape index (κ1) is 15.8. The zero-order valence-corrected chi connectivity index (χ0v) is 14.1. The Morgan fingerprint density at radius 3 is 2.84 bits per heavy atom. The van der Waals surface area contributed by atoms with E-state index in [1.54, 1.807) is 13.1 Å². The number of ether oxygens (including phenoxy) is 1. The molecule has 1 aliphatic rings. The van der Waals surface area contributed by atoms with Gasteiger partial charge in [-0.1, -0.05) is 35.5 Å². The molecule has 3 aromatic rings. The van der Waals surface area contributed by atoms with Crippen LogP contribution in [0.4, 0.5) is 5.82 Å². The number of aromatic nitrogens is 3. The van der Waals surface area contributed by atoms with Crippen LogP contribution in [0.2, 0.25) is 0 Å². The highest BCUT2D eigenvalue weighted by Crippen LogP contribution is 2.35. The fraction of sp³-hybridized carbons (Fsp3) is 0.316. The third kappa shape index (κ3) is 3.39. The summed E-state index contributed by atoms with van der Waals surface area (Å²) in [5.74, 6) is 2.24. The summed E-state index contributed by atoms with van der Waals surface area (Å²) in [5.41, 5.74) is 2.04. The van der Waals surface area contributed by atoms with E-state index in [1.165, 1.54) is 5.56 Å². The van der Waals surface area contributed by atoms with E-state index < -0.39 is 0 Å². The highest BCUT2D eigenvalue weighted by atomic mass is 16.5. The van der Waals surface area contributed by atoms with Crippen molar-refractivity contribution >= 4 is 5.82 Å². The average Bonchev–Trinajstić information content (AvgIpc) is 3.30. The summed E-state index contributed by atoms with van der Waals surface area (Å²) in [5, 5.41) is 7.31. The van der Waals surface area contributed by atoms with Gasteiger partial charge < -0.3 is 14.6 Å². The zero-order chi connectivity index (χ0) is 17.1. The molecular formula is C19H20N4O2. The number of aryl methyl sites for hydroxylation is 1. The largest absolute Gasteiger partial charge is 0.373 e. The molecule has 1 N–H and O–H groups in total. The molecule has 1 aromatic carbocycles. The maximum Gasteiger partial charge on any atom is 0.261 e. The lowest BCUT2D eigenvalue weighted by Crippen LogP contribution is -2.18. The van der Waals surface area contributed by atoms with E-state index in [-0.39, 0.29) is 6.10 Å². The van der Waals surface area contributed by atoms with Gasteiger partial charge in [-0.05, 0) is 31.0 Å². The van der Waals surface area contributed by atoms with E-state index in [1.807, 2.05) is 18.2 Å². The molecule has 3 heterocycles. The third-order valence-electron chi connectivity index (χ3n) is 4.44. The molecule has 2 unspecified atom stereocenters. The van der Waals surface area contributed by atoms with Gasteiger partial charge in [0.2, 0.25) is 0 Å². The number of nitrogens with zero attached hydrogens (tertiary/aromatic N) is 3. The first-order valence-electron chi connectivity index (χ1n) is 8.47. The van der Waals surface area contributed by atoms with E-state index in [4.69, 9.17) is 9.26 Å². The lowest BCUT2D eigenvalue weighted by Gasteiger charge is -2.20. The van der Waals surface area contributed by atoms with Crippen LogP contribution in [-0.2, 0) is 4.74 Å². The van der Waals surface area contributed by atoms with E-state index in [9.17, 15) is 0 Å². The van der Waals surface area contributed by atoms with Crippen molar-refractivity contribution in [1.29, 1.82) is 0 Å². The number of benzene rings is 1. The number of nitrogens with one attached hydrogen (secondary N) is 1. The van der Waals surface area contributed by atoms with Gasteiger partial charge in [0.05, 0.1) is 11.7 Å². The minimum atomic E-state index is 0.117. The smallest absolute Gasteiger partial charge is 0.261 e. The van der Waals surface area contributed by atoms with E-state index in [0.29, 0.717) is 17.6 Å². The molecule has 6 heteroatoms. The summed E-state index contributed by atoms with van der Waals surface area (Å²) < 4.78 is 11.2. The van der Waals surface area contributed by atoms with Gasteiger partial charge >= 0.3 is 0 Å². The van der Waals surface area contributed by atoms with Crippen molar-refractivity contribution in [3.8, 4) is 11.5 Å². The molecule has 0 saturated carbocycles. The molecule has 0 aliphatic carbocycles. The van der Waals surface area contributed by atoms with Crippen LogP contribution in [0.15, 0.2) is 53.2 Å². The van der Waals surface area contributed by atoms with Gasteiger partial charge in [0, 0.05) is 25.3 Å². The fourth-order valence-corrected chi connectivity index (χ4v) is 3.21. The van der Waals surface area contributed by atoms with E-state index >= 15 is 0 Å². The van der Waals surface area contributed by atoms with Gasteiger partial charge in [0.1, 0.15) is 5.82 Å². The minimum Gasteiger partial charge on any atom is -0.373 e. The van der Waals surface area contributed by atoms with E-state index in [0.717, 1.165) is 31.0 Å². The number of hydrogen-bond donors (Lipinski definition) is 1. The molecule has 1 saturated heterocycles. The maximum atomic E-state index is 5.96.